The monoisotopic (exact) mass is 1100 g/mol. The van der Waals surface area contributed by atoms with Gasteiger partial charge in [-0.15, -0.1) is 0 Å². The fraction of sp³-hybridized carbons (Fsp3) is 0.110. The van der Waals surface area contributed by atoms with Gasteiger partial charge < -0.3 is 8.97 Å². The second kappa shape index (κ2) is 16.7. The Morgan fingerprint density at radius 3 is 1.70 bits per heavy atom. The van der Waals surface area contributed by atoms with Crippen molar-refractivity contribution in [3.05, 3.63) is 265 Å². The lowest BCUT2D eigenvalue weighted by molar-refractivity contribution is 0.591. The second-order valence-electron chi connectivity index (χ2n) is 26.6. The fourth-order valence-corrected chi connectivity index (χ4v) is 15.9. The normalized spacial score (nSPS) is 14.0. The van der Waals surface area contributed by atoms with Crippen LogP contribution >= 0.6 is 0 Å². The number of rotatable bonds is 4. The van der Waals surface area contributed by atoms with Crippen molar-refractivity contribution in [3.63, 3.8) is 0 Å². The Morgan fingerprint density at radius 2 is 0.930 bits per heavy atom. The number of nitrogens with zero attached hydrogens (tertiary/aromatic N) is 4. The predicted octanol–water partition coefficient (Wildman–Crippen LogP) is 21.9. The van der Waals surface area contributed by atoms with Crippen LogP contribution in [0.15, 0.2) is 237 Å². The minimum atomic E-state index is -0.140. The summed E-state index contributed by atoms with van der Waals surface area (Å²) in [6, 6.07) is 87.4. The Bertz CT molecular complexity index is 5960. The molecule has 18 aromatic rings. The maximum absolute atomic E-state index is 5.87. The molecule has 0 bridgehead atoms. The largest absolute Gasteiger partial charge is 0.309 e. The zero-order valence-corrected chi connectivity index (χ0v) is 48.9. The van der Waals surface area contributed by atoms with Crippen molar-refractivity contribution >= 4 is 120 Å². The number of hydrogen-bond donors (Lipinski definition) is 0. The van der Waals surface area contributed by atoms with E-state index < -0.39 is 0 Å². The summed E-state index contributed by atoms with van der Waals surface area (Å²) in [7, 11) is 0. The molecule has 0 spiro atoms. The van der Waals surface area contributed by atoms with Gasteiger partial charge in [0, 0.05) is 76.6 Å². The topological polar surface area (TPSA) is 26.6 Å². The summed E-state index contributed by atoms with van der Waals surface area (Å²) in [6.45, 7) is 14.2. The highest BCUT2D eigenvalue weighted by molar-refractivity contribution is 6.38. The molecule has 0 fully saturated rings. The first kappa shape index (κ1) is 48.1. The van der Waals surface area contributed by atoms with E-state index in [4.69, 9.17) is 4.98 Å². The van der Waals surface area contributed by atoms with Crippen molar-refractivity contribution in [1.29, 1.82) is 0 Å². The molecule has 4 heteroatoms. The Kier molecular flexibility index (Phi) is 9.37. The molecule has 0 saturated carbocycles. The van der Waals surface area contributed by atoms with Gasteiger partial charge in [0.05, 0.1) is 44.8 Å². The fourth-order valence-electron chi connectivity index (χ4n) is 15.9. The lowest BCUT2D eigenvalue weighted by atomic mass is 9.84. The number of hydrogen-bond acceptors (Lipinski definition) is 1. The summed E-state index contributed by atoms with van der Waals surface area (Å²) >= 11 is 0. The van der Waals surface area contributed by atoms with E-state index in [1.54, 1.807) is 0 Å². The minimum Gasteiger partial charge on any atom is -0.309 e. The number of pyridine rings is 1. The van der Waals surface area contributed by atoms with Crippen molar-refractivity contribution in [1.82, 2.24) is 18.4 Å². The van der Waals surface area contributed by atoms with Crippen LogP contribution in [0.2, 0.25) is 0 Å². The summed E-state index contributed by atoms with van der Waals surface area (Å²) in [6.07, 6.45) is 2.23. The first-order valence-electron chi connectivity index (χ1n) is 30.5. The Hall–Kier alpha value is -10.3. The molecule has 6 aromatic heterocycles. The van der Waals surface area contributed by atoms with Gasteiger partial charge in [0.1, 0.15) is 5.65 Å². The van der Waals surface area contributed by atoms with Gasteiger partial charge in [-0.25, -0.2) is 4.98 Å². The van der Waals surface area contributed by atoms with Crippen molar-refractivity contribution in [2.24, 2.45) is 0 Å². The standard InChI is InChI=1S/C82H58N4/c1-81(2,3)51-41-64-63-39-48-24-13-15-27-54(48)72(50-34-36-69-62(40-50)57-30-19-20-32-68(57)84(69)53-25-11-8-12-26-53)79(63)86-76(64)67(44-51)75-74-66-43-52(82(4,5)6)42-65-73-55-28-16-14-23-47(55)37-60(78(73)85(77(65)66)70(74)45-83-80(75)86)49-33-35-59-61(38-49)56-29-17-18-31-58(56)71(59)46-21-9-7-10-22-46/h7-45,71H,1-6H3. The van der Waals surface area contributed by atoms with Gasteiger partial charge in [0.15, 0.2) is 0 Å². The van der Waals surface area contributed by atoms with E-state index in [1.165, 1.54) is 170 Å². The van der Waals surface area contributed by atoms with Gasteiger partial charge in [-0.3, -0.25) is 4.40 Å². The molecule has 406 valence electrons. The highest BCUT2D eigenvalue weighted by atomic mass is 15.0. The summed E-state index contributed by atoms with van der Waals surface area (Å²) in [5.74, 6) is 0.173. The van der Waals surface area contributed by atoms with E-state index >= 15 is 0 Å². The van der Waals surface area contributed by atoms with Crippen LogP contribution < -0.4 is 0 Å². The number of fused-ring (bicyclic) bond motifs is 22. The molecule has 1 aliphatic rings. The molecule has 4 nitrogen and oxygen atoms in total. The molecule has 0 radical (unpaired) electrons. The summed E-state index contributed by atoms with van der Waals surface area (Å²) < 4.78 is 7.62. The molecule has 1 aliphatic carbocycles. The second-order valence-corrected chi connectivity index (χ2v) is 26.6. The molecule has 1 atom stereocenters. The average Bonchev–Trinajstić information content (AvgIpc) is 1.72. The maximum atomic E-state index is 5.87. The molecule has 1 unspecified atom stereocenters. The molecule has 6 heterocycles. The highest BCUT2D eigenvalue weighted by Crippen LogP contribution is 2.54. The Morgan fingerprint density at radius 1 is 0.349 bits per heavy atom. The molecule has 86 heavy (non-hydrogen) atoms. The first-order valence-corrected chi connectivity index (χ1v) is 30.5. The highest BCUT2D eigenvalue weighted by Gasteiger charge is 2.34. The molecule has 0 saturated heterocycles. The van der Waals surface area contributed by atoms with Crippen molar-refractivity contribution in [2.45, 2.75) is 58.3 Å². The zero-order valence-electron chi connectivity index (χ0n) is 48.9. The molecule has 12 aromatic carbocycles. The van der Waals surface area contributed by atoms with E-state index in [9.17, 15) is 0 Å². The van der Waals surface area contributed by atoms with Crippen LogP contribution in [0.5, 0.6) is 0 Å². The number of aromatic nitrogens is 4. The van der Waals surface area contributed by atoms with Gasteiger partial charge in [0.25, 0.3) is 0 Å². The minimum absolute atomic E-state index is 0.139. The third-order valence-electron chi connectivity index (χ3n) is 19.8. The van der Waals surface area contributed by atoms with Gasteiger partial charge in [-0.1, -0.05) is 199 Å². The molecule has 0 aliphatic heterocycles. The lowest BCUT2D eigenvalue weighted by Crippen LogP contribution is -2.10. The van der Waals surface area contributed by atoms with Crippen LogP contribution in [0, 0.1) is 0 Å². The van der Waals surface area contributed by atoms with Gasteiger partial charge in [-0.2, -0.15) is 0 Å². The Balaban J connectivity index is 0.959. The number of benzene rings is 12. The van der Waals surface area contributed by atoms with E-state index in [1.807, 2.05) is 0 Å². The van der Waals surface area contributed by atoms with Crippen LogP contribution in [-0.4, -0.2) is 18.4 Å². The molecule has 0 amide bonds. The number of para-hydroxylation sites is 2. The summed E-state index contributed by atoms with van der Waals surface area (Å²) in [4.78, 5) is 5.87. The van der Waals surface area contributed by atoms with Crippen LogP contribution in [-0.2, 0) is 10.8 Å². The zero-order chi connectivity index (χ0) is 57.2. The lowest BCUT2D eigenvalue weighted by Gasteiger charge is -2.20. The van der Waals surface area contributed by atoms with Crippen LogP contribution in [0.25, 0.3) is 159 Å². The van der Waals surface area contributed by atoms with E-state index in [0.717, 1.165) is 16.9 Å². The summed E-state index contributed by atoms with van der Waals surface area (Å²) in [5, 5.41) is 17.5. The predicted molar refractivity (Wildman–Crippen MR) is 364 cm³/mol. The van der Waals surface area contributed by atoms with Crippen molar-refractivity contribution in [3.8, 4) is 39.1 Å². The smallest absolute Gasteiger partial charge is 0.146 e. The maximum Gasteiger partial charge on any atom is 0.146 e. The van der Waals surface area contributed by atoms with Crippen LogP contribution in [0.4, 0.5) is 0 Å². The third kappa shape index (κ3) is 6.30. The van der Waals surface area contributed by atoms with Gasteiger partial charge >= 0.3 is 0 Å². The molecular formula is C82H58N4. The summed E-state index contributed by atoms with van der Waals surface area (Å²) in [5.41, 5.74) is 24.5. The third-order valence-corrected chi connectivity index (χ3v) is 19.8. The van der Waals surface area contributed by atoms with E-state index in [0.29, 0.717) is 0 Å². The van der Waals surface area contributed by atoms with E-state index in [2.05, 4.69) is 292 Å². The Labute approximate surface area is 497 Å². The molecule has 19 rings (SSSR count). The first-order chi connectivity index (χ1) is 42.0. The average molecular weight is 1100 g/mol. The van der Waals surface area contributed by atoms with Crippen LogP contribution in [0.1, 0.15) is 75.3 Å². The van der Waals surface area contributed by atoms with E-state index in [-0.39, 0.29) is 16.7 Å². The quantitative estimate of drug-likeness (QED) is 0.173. The SMILES string of the molecule is CC(C)(C)c1cc2c3c4c5cc(C(C)(C)C)cc6c7cc8ccccc8c(-c8ccc9c(c8)c8ccccc8n9-c8ccccc8)c7n(c4ncc3n3c4c(-c7ccc8c(c7)-c7ccccc7C8c7ccccc7)cc7ccccc7c4c(c1)c23)c65. The van der Waals surface area contributed by atoms with Gasteiger partial charge in [0.2, 0.25) is 0 Å². The molecular weight excluding hydrogens is 1040 g/mol. The van der Waals surface area contributed by atoms with Crippen molar-refractivity contribution in [2.75, 3.05) is 0 Å². The van der Waals surface area contributed by atoms with Crippen LogP contribution in [0.3, 0.4) is 0 Å². The van der Waals surface area contributed by atoms with Gasteiger partial charge in [-0.05, 0) is 155 Å². The van der Waals surface area contributed by atoms with Crippen molar-refractivity contribution < 1.29 is 0 Å². The molecule has 0 N–H and O–H groups in total.